The number of ether oxygens (including phenoxy) is 2. The summed E-state index contributed by atoms with van der Waals surface area (Å²) in [6, 6.07) is 4.62. The smallest absolute Gasteiger partial charge is 0.261 e. The van der Waals surface area contributed by atoms with Gasteiger partial charge >= 0.3 is 0 Å². The molecule has 0 aliphatic rings. The Bertz CT molecular complexity index is 416. The van der Waals surface area contributed by atoms with E-state index in [1.54, 1.807) is 18.2 Å². The van der Waals surface area contributed by atoms with Gasteiger partial charge in [-0.05, 0) is 25.5 Å². The summed E-state index contributed by atoms with van der Waals surface area (Å²) in [7, 11) is 1.41. The highest BCUT2D eigenvalue weighted by Crippen LogP contribution is 2.27. The maximum Gasteiger partial charge on any atom is 0.261 e. The van der Waals surface area contributed by atoms with Crippen LogP contribution < -0.4 is 10.1 Å². The van der Waals surface area contributed by atoms with Gasteiger partial charge in [-0.15, -0.1) is 0 Å². The topological polar surface area (TPSA) is 30.5 Å². The van der Waals surface area contributed by atoms with Crippen LogP contribution in [0.2, 0.25) is 0 Å². The molecule has 0 fully saturated rings. The third-order valence-corrected chi connectivity index (χ3v) is 3.02. The zero-order valence-electron chi connectivity index (χ0n) is 12.4. The highest BCUT2D eigenvalue weighted by Gasteiger charge is 2.18. The Balaban J connectivity index is 2.72. The Labute approximate surface area is 123 Å². The lowest BCUT2D eigenvalue weighted by Crippen LogP contribution is -2.25. The average Bonchev–Trinajstić information content (AvgIpc) is 2.47. The fourth-order valence-electron chi connectivity index (χ4n) is 2.01. The highest BCUT2D eigenvalue weighted by molar-refractivity contribution is 5.33. The van der Waals surface area contributed by atoms with Crippen LogP contribution in [0.3, 0.4) is 0 Å². The minimum atomic E-state index is -2.49. The maximum absolute atomic E-state index is 14.3. The van der Waals surface area contributed by atoms with E-state index in [9.17, 15) is 13.2 Å². The Morgan fingerprint density at radius 1 is 1.29 bits per heavy atom. The molecule has 0 aliphatic heterocycles. The van der Waals surface area contributed by atoms with E-state index >= 15 is 0 Å². The van der Waals surface area contributed by atoms with Gasteiger partial charge in [0.1, 0.15) is 6.61 Å². The summed E-state index contributed by atoms with van der Waals surface area (Å²) in [6.07, 6.45) is -1.18. The van der Waals surface area contributed by atoms with Crippen molar-refractivity contribution in [2.75, 3.05) is 26.9 Å². The average molecular weight is 305 g/mol. The van der Waals surface area contributed by atoms with Gasteiger partial charge in [0.25, 0.3) is 6.43 Å². The molecule has 0 heterocycles. The van der Waals surface area contributed by atoms with E-state index in [1.807, 2.05) is 6.92 Å². The number of benzene rings is 1. The van der Waals surface area contributed by atoms with Crippen LogP contribution in [0, 0.1) is 5.82 Å². The van der Waals surface area contributed by atoms with E-state index in [1.165, 1.54) is 7.11 Å². The van der Waals surface area contributed by atoms with Crippen molar-refractivity contribution in [1.29, 1.82) is 0 Å². The van der Waals surface area contributed by atoms with Gasteiger partial charge in [-0.3, -0.25) is 0 Å². The van der Waals surface area contributed by atoms with Crippen LogP contribution >= 0.6 is 0 Å². The van der Waals surface area contributed by atoms with E-state index in [-0.39, 0.29) is 18.4 Å². The summed E-state index contributed by atoms with van der Waals surface area (Å²) >= 11 is 0. The van der Waals surface area contributed by atoms with Gasteiger partial charge in [0.15, 0.2) is 11.6 Å². The van der Waals surface area contributed by atoms with Gasteiger partial charge in [-0.2, -0.15) is 0 Å². The Kier molecular flexibility index (Phi) is 8.15. The number of alkyl halides is 2. The lowest BCUT2D eigenvalue weighted by Gasteiger charge is -2.20. The first-order chi connectivity index (χ1) is 10.1. The van der Waals surface area contributed by atoms with Gasteiger partial charge in [0, 0.05) is 18.2 Å². The van der Waals surface area contributed by atoms with Crippen molar-refractivity contribution in [1.82, 2.24) is 5.32 Å². The molecule has 0 spiro atoms. The second-order valence-electron chi connectivity index (χ2n) is 4.62. The van der Waals surface area contributed by atoms with Gasteiger partial charge < -0.3 is 14.8 Å². The summed E-state index contributed by atoms with van der Waals surface area (Å²) in [4.78, 5) is 0. The first-order valence-corrected chi connectivity index (χ1v) is 7.01. The molecular weight excluding hydrogens is 283 g/mol. The Hall–Kier alpha value is -1.27. The molecule has 0 aliphatic carbocycles. The van der Waals surface area contributed by atoms with Gasteiger partial charge in [0.2, 0.25) is 0 Å². The second-order valence-corrected chi connectivity index (χ2v) is 4.62. The van der Waals surface area contributed by atoms with Crippen molar-refractivity contribution in [2.45, 2.75) is 32.2 Å². The minimum absolute atomic E-state index is 0.141. The summed E-state index contributed by atoms with van der Waals surface area (Å²) in [6.45, 7) is 2.25. The fraction of sp³-hybridized carbons (Fsp3) is 0.600. The van der Waals surface area contributed by atoms with Crippen LogP contribution in [0.5, 0.6) is 5.75 Å². The maximum atomic E-state index is 14.3. The van der Waals surface area contributed by atoms with Crippen molar-refractivity contribution in [3.63, 3.8) is 0 Å². The number of nitrogens with one attached hydrogen (secondary N) is 1. The molecule has 3 nitrogen and oxygen atoms in total. The molecule has 21 heavy (non-hydrogen) atoms. The van der Waals surface area contributed by atoms with Gasteiger partial charge in [0.05, 0.1) is 7.11 Å². The monoisotopic (exact) mass is 305 g/mol. The predicted molar refractivity (Wildman–Crippen MR) is 75.4 cm³/mol. The number of hydrogen-bond acceptors (Lipinski definition) is 3. The SMILES string of the molecule is CCCNC(CCOCC(F)F)c1cccc(OC)c1F. The molecule has 1 rings (SSSR count). The molecule has 1 aromatic carbocycles. The third kappa shape index (κ3) is 5.93. The summed E-state index contributed by atoms with van der Waals surface area (Å²) < 4.78 is 48.2. The largest absolute Gasteiger partial charge is 0.494 e. The predicted octanol–water partition coefficient (Wildman–Crippen LogP) is 3.55. The number of methoxy groups -OCH3 is 1. The molecule has 1 unspecified atom stereocenters. The first-order valence-electron chi connectivity index (χ1n) is 7.01. The number of halogens is 3. The molecule has 0 saturated heterocycles. The highest BCUT2D eigenvalue weighted by atomic mass is 19.3. The van der Waals surface area contributed by atoms with Crippen LogP contribution in [0.1, 0.15) is 31.4 Å². The molecule has 0 bridgehead atoms. The summed E-state index contributed by atoms with van der Waals surface area (Å²) in [5.41, 5.74) is 0.462. The molecule has 0 saturated carbocycles. The molecule has 1 N–H and O–H groups in total. The molecule has 1 atom stereocenters. The Morgan fingerprint density at radius 2 is 2.05 bits per heavy atom. The molecular formula is C15H22F3NO2. The first kappa shape index (κ1) is 17.8. The van der Waals surface area contributed by atoms with E-state index in [2.05, 4.69) is 5.32 Å². The molecule has 0 radical (unpaired) electrons. The summed E-state index contributed by atoms with van der Waals surface area (Å²) in [5.74, 6) is -0.258. The molecule has 1 aromatic rings. The van der Waals surface area contributed by atoms with Crippen molar-refractivity contribution in [3.05, 3.63) is 29.6 Å². The summed E-state index contributed by atoms with van der Waals surface area (Å²) in [5, 5.41) is 3.20. The van der Waals surface area contributed by atoms with Crippen LogP contribution in [-0.4, -0.2) is 33.3 Å². The van der Waals surface area contributed by atoms with Crippen LogP contribution in [0.4, 0.5) is 13.2 Å². The van der Waals surface area contributed by atoms with Crippen LogP contribution in [0.25, 0.3) is 0 Å². The molecule has 6 heteroatoms. The molecule has 120 valence electrons. The molecule has 0 amide bonds. The van der Waals surface area contributed by atoms with E-state index in [4.69, 9.17) is 9.47 Å². The van der Waals surface area contributed by atoms with Crippen molar-refractivity contribution < 1.29 is 22.6 Å². The normalized spacial score (nSPS) is 12.7. The minimum Gasteiger partial charge on any atom is -0.494 e. The Morgan fingerprint density at radius 3 is 2.67 bits per heavy atom. The molecule has 0 aromatic heterocycles. The van der Waals surface area contributed by atoms with Gasteiger partial charge in [-0.25, -0.2) is 13.2 Å². The van der Waals surface area contributed by atoms with Gasteiger partial charge in [-0.1, -0.05) is 19.1 Å². The van der Waals surface area contributed by atoms with Crippen LogP contribution in [0.15, 0.2) is 18.2 Å². The lowest BCUT2D eigenvalue weighted by atomic mass is 10.0. The van der Waals surface area contributed by atoms with E-state index in [0.29, 0.717) is 18.5 Å². The fourth-order valence-corrected chi connectivity index (χ4v) is 2.01. The zero-order chi connectivity index (χ0) is 15.7. The van der Waals surface area contributed by atoms with E-state index in [0.717, 1.165) is 6.42 Å². The standard InChI is InChI=1S/C15H22F3NO2/c1-3-8-19-12(7-9-21-10-14(16)17)11-5-4-6-13(20-2)15(11)18/h4-6,12,14,19H,3,7-10H2,1-2H3. The number of rotatable bonds is 10. The third-order valence-electron chi connectivity index (χ3n) is 3.02. The van der Waals surface area contributed by atoms with Crippen LogP contribution in [-0.2, 0) is 4.74 Å². The van der Waals surface area contributed by atoms with Crippen molar-refractivity contribution in [3.8, 4) is 5.75 Å². The second kappa shape index (κ2) is 9.63. The van der Waals surface area contributed by atoms with Crippen molar-refractivity contribution in [2.24, 2.45) is 0 Å². The lowest BCUT2D eigenvalue weighted by molar-refractivity contribution is 0.0143. The van der Waals surface area contributed by atoms with E-state index < -0.39 is 18.8 Å². The number of hydrogen-bond donors (Lipinski definition) is 1. The van der Waals surface area contributed by atoms with Crippen molar-refractivity contribution >= 4 is 0 Å². The zero-order valence-corrected chi connectivity index (χ0v) is 12.4. The quantitative estimate of drug-likeness (QED) is 0.671.